The monoisotopic (exact) mass is 508 g/mol. The van der Waals surface area contributed by atoms with Crippen molar-refractivity contribution in [3.05, 3.63) is 53.2 Å². The Morgan fingerprint density at radius 3 is 2.58 bits per heavy atom. The highest BCUT2D eigenvalue weighted by molar-refractivity contribution is 7.17. The van der Waals surface area contributed by atoms with E-state index in [4.69, 9.17) is 4.98 Å². The van der Waals surface area contributed by atoms with Gasteiger partial charge in [-0.1, -0.05) is 18.2 Å². The molecule has 0 spiro atoms. The van der Waals surface area contributed by atoms with Gasteiger partial charge in [-0.05, 0) is 37.4 Å². The minimum Gasteiger partial charge on any atom is -0.360 e. The fourth-order valence-corrected chi connectivity index (χ4v) is 5.93. The van der Waals surface area contributed by atoms with Crippen molar-refractivity contribution in [3.63, 3.8) is 0 Å². The fraction of sp³-hybridized carbons (Fsp3) is 0.280. The van der Waals surface area contributed by atoms with Crippen LogP contribution in [0.2, 0.25) is 0 Å². The van der Waals surface area contributed by atoms with Crippen molar-refractivity contribution in [2.45, 2.75) is 24.8 Å². The Morgan fingerprint density at radius 1 is 1.08 bits per heavy atom. The number of H-pyrrole nitrogens is 1. The summed E-state index contributed by atoms with van der Waals surface area (Å²) < 4.78 is 28.3. The predicted molar refractivity (Wildman–Crippen MR) is 135 cm³/mol. The third-order valence-electron chi connectivity index (χ3n) is 7.16. The molecular formula is C25H22F2N6O2S. The van der Waals surface area contributed by atoms with E-state index in [0.717, 1.165) is 10.2 Å². The molecular weight excluding hydrogens is 486 g/mol. The molecule has 1 saturated heterocycles. The van der Waals surface area contributed by atoms with Gasteiger partial charge in [-0.3, -0.25) is 14.9 Å². The Morgan fingerprint density at radius 2 is 1.83 bits per heavy atom. The van der Waals surface area contributed by atoms with Crippen LogP contribution in [0.1, 0.15) is 24.1 Å². The van der Waals surface area contributed by atoms with Gasteiger partial charge in [0.15, 0.2) is 0 Å². The summed E-state index contributed by atoms with van der Waals surface area (Å²) in [6, 6.07) is 9.19. The number of nitrogens with zero attached hydrogens (tertiary/aromatic N) is 3. The van der Waals surface area contributed by atoms with Crippen molar-refractivity contribution in [1.29, 1.82) is 0 Å². The Bertz CT molecular complexity index is 1550. The number of aromatic nitrogens is 3. The predicted octanol–water partition coefficient (Wildman–Crippen LogP) is 3.56. The molecule has 2 amide bonds. The highest BCUT2D eigenvalue weighted by Crippen LogP contribution is 2.39. The number of para-hydroxylation sites is 1. The first kappa shape index (κ1) is 22.7. The second-order valence-corrected chi connectivity index (χ2v) is 9.90. The van der Waals surface area contributed by atoms with E-state index < -0.39 is 23.8 Å². The van der Waals surface area contributed by atoms with E-state index in [0.29, 0.717) is 41.2 Å². The highest BCUT2D eigenvalue weighted by Gasteiger charge is 2.42. The quantitative estimate of drug-likeness (QED) is 0.356. The van der Waals surface area contributed by atoms with Crippen molar-refractivity contribution in [3.8, 4) is 0 Å². The molecule has 2 aliphatic rings. The van der Waals surface area contributed by atoms with E-state index in [1.807, 2.05) is 40.6 Å². The van der Waals surface area contributed by atoms with E-state index in [-0.39, 0.29) is 24.0 Å². The number of amides is 2. The average Bonchev–Trinajstić information content (AvgIpc) is 3.58. The van der Waals surface area contributed by atoms with E-state index in [9.17, 15) is 18.4 Å². The zero-order chi connectivity index (χ0) is 25.0. The first-order valence-electron chi connectivity index (χ1n) is 11.6. The number of halogens is 2. The maximum Gasteiger partial charge on any atom is 0.261 e. The van der Waals surface area contributed by atoms with Crippen molar-refractivity contribution in [2.24, 2.45) is 0 Å². The zero-order valence-corrected chi connectivity index (χ0v) is 20.1. The van der Waals surface area contributed by atoms with Crippen LogP contribution in [0.3, 0.4) is 0 Å². The summed E-state index contributed by atoms with van der Waals surface area (Å²) in [7, 11) is 1.56. The van der Waals surface area contributed by atoms with Crippen LogP contribution in [-0.2, 0) is 9.59 Å². The molecule has 0 atom stereocenters. The molecule has 8 nitrogen and oxygen atoms in total. The van der Waals surface area contributed by atoms with E-state index in [1.54, 1.807) is 13.2 Å². The Kier molecular flexibility index (Phi) is 5.34. The Hall–Kier alpha value is -3.70. The number of hydrogen-bond donors (Lipinski definition) is 3. The molecule has 0 unspecified atom stereocenters. The van der Waals surface area contributed by atoms with Crippen LogP contribution in [0, 0.1) is 0 Å². The molecule has 0 radical (unpaired) electrons. The minimum absolute atomic E-state index is 0.184. The van der Waals surface area contributed by atoms with Crippen LogP contribution in [0.25, 0.3) is 32.3 Å². The largest absolute Gasteiger partial charge is 0.360 e. The summed E-state index contributed by atoms with van der Waals surface area (Å²) in [5, 5.41) is 7.78. The number of nitrogens with one attached hydrogen (secondary N) is 3. The zero-order valence-electron chi connectivity index (χ0n) is 19.3. The standard InChI is InChI=1S/C25H22F2N6O2S/c1-28-25(23(26)27)7-9-33(10-8-25)24-30-15-5-3-2-4-13(15)19(31-24)18-17(21(34)32-22(18)35)14-12-29-16-6-11-36-20(14)16/h2-6,11-12,23,28-29H,7-10H2,1H3,(H,32,34,35). The summed E-state index contributed by atoms with van der Waals surface area (Å²) in [5.74, 6) is -0.666. The third-order valence-corrected chi connectivity index (χ3v) is 8.11. The van der Waals surface area contributed by atoms with E-state index in [1.165, 1.54) is 11.3 Å². The molecule has 4 aromatic rings. The molecule has 1 fully saturated rings. The van der Waals surface area contributed by atoms with Crippen LogP contribution in [0.5, 0.6) is 0 Å². The summed E-state index contributed by atoms with van der Waals surface area (Å²) in [6.07, 6.45) is -0.321. The van der Waals surface area contributed by atoms with Gasteiger partial charge in [0.25, 0.3) is 18.2 Å². The number of hydrogen-bond acceptors (Lipinski definition) is 7. The lowest BCUT2D eigenvalue weighted by molar-refractivity contribution is -0.122. The normalized spacial score (nSPS) is 18.2. The van der Waals surface area contributed by atoms with Gasteiger partial charge in [-0.25, -0.2) is 18.7 Å². The van der Waals surface area contributed by atoms with Gasteiger partial charge in [-0.2, -0.15) is 0 Å². The lowest BCUT2D eigenvalue weighted by atomic mass is 9.88. The molecule has 1 aromatic carbocycles. The molecule has 0 aliphatic carbocycles. The maximum absolute atomic E-state index is 13.7. The molecule has 11 heteroatoms. The van der Waals surface area contributed by atoms with E-state index >= 15 is 0 Å². The van der Waals surface area contributed by atoms with Gasteiger partial charge in [0, 0.05) is 30.2 Å². The molecule has 3 aromatic heterocycles. The lowest BCUT2D eigenvalue weighted by Gasteiger charge is -2.41. The number of fused-ring (bicyclic) bond motifs is 2. The number of anilines is 1. The maximum atomic E-state index is 13.7. The van der Waals surface area contributed by atoms with Gasteiger partial charge in [0.2, 0.25) is 5.95 Å². The first-order valence-corrected chi connectivity index (χ1v) is 12.4. The highest BCUT2D eigenvalue weighted by atomic mass is 32.1. The number of thiophene rings is 1. The van der Waals surface area contributed by atoms with Crippen molar-refractivity contribution in [2.75, 3.05) is 25.0 Å². The van der Waals surface area contributed by atoms with Gasteiger partial charge < -0.3 is 15.2 Å². The third kappa shape index (κ3) is 3.41. The molecule has 5 heterocycles. The van der Waals surface area contributed by atoms with E-state index in [2.05, 4.69) is 20.6 Å². The molecule has 6 rings (SSSR count). The lowest BCUT2D eigenvalue weighted by Crippen LogP contribution is -2.57. The van der Waals surface area contributed by atoms with Gasteiger partial charge >= 0.3 is 0 Å². The van der Waals surface area contributed by atoms with Gasteiger partial charge in [0.1, 0.15) is 0 Å². The number of imide groups is 1. The van der Waals surface area contributed by atoms with Crippen LogP contribution in [0.15, 0.2) is 41.9 Å². The van der Waals surface area contributed by atoms with Crippen LogP contribution in [-0.4, -0.2) is 58.9 Å². The van der Waals surface area contributed by atoms with Crippen molar-refractivity contribution < 1.29 is 18.4 Å². The summed E-state index contributed by atoms with van der Waals surface area (Å²) in [5.41, 5.74) is 1.66. The Labute approximate surface area is 208 Å². The summed E-state index contributed by atoms with van der Waals surface area (Å²) in [6.45, 7) is 0.654. The van der Waals surface area contributed by atoms with Crippen LogP contribution < -0.4 is 15.5 Å². The number of carbonyl (C=O) groups is 2. The number of carbonyl (C=O) groups excluding carboxylic acids is 2. The summed E-state index contributed by atoms with van der Waals surface area (Å²) >= 11 is 1.48. The Balaban J connectivity index is 1.51. The molecule has 3 N–H and O–H groups in total. The molecule has 184 valence electrons. The molecule has 36 heavy (non-hydrogen) atoms. The number of rotatable bonds is 5. The fourth-order valence-electron chi connectivity index (χ4n) is 5.05. The van der Waals surface area contributed by atoms with Gasteiger partial charge in [-0.15, -0.1) is 11.3 Å². The van der Waals surface area contributed by atoms with Crippen molar-refractivity contribution in [1.82, 2.24) is 25.6 Å². The van der Waals surface area contributed by atoms with Crippen LogP contribution >= 0.6 is 11.3 Å². The molecule has 2 aliphatic heterocycles. The topological polar surface area (TPSA) is 103 Å². The van der Waals surface area contributed by atoms with Crippen LogP contribution in [0.4, 0.5) is 14.7 Å². The first-order chi connectivity index (χ1) is 17.4. The minimum atomic E-state index is -2.49. The SMILES string of the molecule is CNC1(C(F)F)CCN(c2nc(C3=C(c4c[nH]c5ccsc45)C(=O)NC3=O)c3ccccc3n2)CC1. The molecule has 0 saturated carbocycles. The molecule has 0 bridgehead atoms. The van der Waals surface area contributed by atoms with Gasteiger partial charge in [0.05, 0.1) is 38.1 Å². The number of benzene rings is 1. The van der Waals surface area contributed by atoms with Crippen molar-refractivity contribution >= 4 is 61.4 Å². The number of alkyl halides is 2. The summed E-state index contributed by atoms with van der Waals surface area (Å²) in [4.78, 5) is 40.6. The second-order valence-electron chi connectivity index (χ2n) is 8.98. The number of piperidine rings is 1. The average molecular weight is 509 g/mol. The number of aromatic amines is 1. The smallest absolute Gasteiger partial charge is 0.261 e. The second kappa shape index (κ2) is 8.45.